The number of rotatable bonds is 3. The largest absolute Gasteiger partial charge is 0.513 e. The molecule has 2 N–H and O–H groups in total. The minimum atomic E-state index is -0.495. The minimum absolute atomic E-state index is 0.0357. The van der Waals surface area contributed by atoms with Gasteiger partial charge < -0.3 is 15.2 Å². The van der Waals surface area contributed by atoms with Crippen LogP contribution < -0.4 is 5.32 Å². The van der Waals surface area contributed by atoms with Crippen molar-refractivity contribution in [1.29, 1.82) is 0 Å². The number of hydrogen-bond donors (Lipinski definition) is 2. The molecular formula is C15H17N3O3. The second-order valence-corrected chi connectivity index (χ2v) is 4.76. The smallest absolute Gasteiger partial charge is 0.278 e. The van der Waals surface area contributed by atoms with E-state index >= 15 is 0 Å². The summed E-state index contributed by atoms with van der Waals surface area (Å²) in [5.41, 5.74) is 2.14. The second kappa shape index (κ2) is 6.69. The maximum atomic E-state index is 12.1. The zero-order valence-corrected chi connectivity index (χ0v) is 11.7. The molecule has 110 valence electrons. The van der Waals surface area contributed by atoms with Crippen LogP contribution in [0, 0.1) is 6.92 Å². The number of aliphatic hydroxyl groups is 1. The summed E-state index contributed by atoms with van der Waals surface area (Å²) in [6, 6.07) is 7.63. The number of aliphatic imine (C=N–C) groups is 1. The normalized spacial score (nSPS) is 20.8. The molecule has 1 amide bonds. The summed E-state index contributed by atoms with van der Waals surface area (Å²) in [6.45, 7) is 2.28. The van der Waals surface area contributed by atoms with Gasteiger partial charge in [-0.3, -0.25) is 14.7 Å². The van der Waals surface area contributed by atoms with Crippen molar-refractivity contribution in [3.8, 4) is 0 Å². The summed E-state index contributed by atoms with van der Waals surface area (Å²) in [5, 5.41) is 12.2. The summed E-state index contributed by atoms with van der Waals surface area (Å²) in [5.74, 6) is -0.495. The van der Waals surface area contributed by atoms with Gasteiger partial charge in [0, 0.05) is 0 Å². The van der Waals surface area contributed by atoms with Gasteiger partial charge in [-0.2, -0.15) is 0 Å². The lowest BCUT2D eigenvalue weighted by molar-refractivity contribution is -0.126. The van der Waals surface area contributed by atoms with Crippen LogP contribution in [0.5, 0.6) is 0 Å². The molecule has 1 aliphatic rings. The van der Waals surface area contributed by atoms with Crippen molar-refractivity contribution in [2.45, 2.75) is 13.0 Å². The van der Waals surface area contributed by atoms with Crippen molar-refractivity contribution >= 4 is 18.5 Å². The first kappa shape index (κ1) is 14.8. The van der Waals surface area contributed by atoms with E-state index in [9.17, 15) is 14.7 Å². The van der Waals surface area contributed by atoms with Crippen molar-refractivity contribution in [2.24, 2.45) is 4.99 Å². The lowest BCUT2D eigenvalue weighted by Crippen LogP contribution is -2.40. The minimum Gasteiger partial charge on any atom is -0.513 e. The SMILES string of the molecule is Cc1ccc(C2CN=CN(CC=O)C(=O)/C(=C/O)N2)cc1. The lowest BCUT2D eigenvalue weighted by Gasteiger charge is -2.25. The molecule has 1 heterocycles. The highest BCUT2D eigenvalue weighted by molar-refractivity contribution is 6.00. The van der Waals surface area contributed by atoms with E-state index in [1.165, 1.54) is 6.34 Å². The molecule has 0 fully saturated rings. The van der Waals surface area contributed by atoms with Crippen LogP contribution in [0.15, 0.2) is 41.2 Å². The van der Waals surface area contributed by atoms with Crippen LogP contribution in [0.25, 0.3) is 0 Å². The average Bonchev–Trinajstić information content (AvgIpc) is 2.48. The monoisotopic (exact) mass is 287 g/mol. The molecule has 0 aliphatic carbocycles. The molecular weight excluding hydrogens is 270 g/mol. The number of nitrogens with one attached hydrogen (secondary N) is 1. The Hall–Kier alpha value is -2.63. The second-order valence-electron chi connectivity index (χ2n) is 4.76. The van der Waals surface area contributed by atoms with Crippen LogP contribution in [-0.2, 0) is 9.59 Å². The van der Waals surface area contributed by atoms with Crippen molar-refractivity contribution < 1.29 is 14.7 Å². The Balaban J connectivity index is 2.27. The average molecular weight is 287 g/mol. The van der Waals surface area contributed by atoms with Crippen LogP contribution in [0.1, 0.15) is 17.2 Å². The van der Waals surface area contributed by atoms with Crippen LogP contribution in [0.3, 0.4) is 0 Å². The van der Waals surface area contributed by atoms with Gasteiger partial charge in [0.1, 0.15) is 18.2 Å². The highest BCUT2D eigenvalue weighted by Gasteiger charge is 2.23. The van der Waals surface area contributed by atoms with E-state index in [0.29, 0.717) is 12.8 Å². The number of carbonyl (C=O) groups excluding carboxylic acids is 2. The Morgan fingerprint density at radius 2 is 2.14 bits per heavy atom. The number of carbonyl (C=O) groups is 2. The third-order valence-electron chi connectivity index (χ3n) is 3.21. The number of hydrogen-bond acceptors (Lipinski definition) is 5. The van der Waals surface area contributed by atoms with E-state index < -0.39 is 5.91 Å². The Morgan fingerprint density at radius 1 is 1.43 bits per heavy atom. The zero-order chi connectivity index (χ0) is 15.2. The standard InChI is InChI=1S/C15H17N3O3/c1-11-2-4-12(5-3-11)13-8-16-10-18(6-7-19)15(21)14(9-20)17-13/h2-5,7,9-10,13,17,20H,6,8H2,1H3/b14-9-,16-10?. The van der Waals surface area contributed by atoms with E-state index in [4.69, 9.17) is 0 Å². The maximum Gasteiger partial charge on any atom is 0.278 e. The van der Waals surface area contributed by atoms with Gasteiger partial charge in [-0.05, 0) is 12.5 Å². The Morgan fingerprint density at radius 3 is 2.76 bits per heavy atom. The number of aldehydes is 1. The molecule has 0 radical (unpaired) electrons. The van der Waals surface area contributed by atoms with E-state index in [0.717, 1.165) is 22.3 Å². The van der Waals surface area contributed by atoms with Gasteiger partial charge >= 0.3 is 0 Å². The number of amides is 1. The lowest BCUT2D eigenvalue weighted by atomic mass is 10.0. The van der Waals surface area contributed by atoms with Gasteiger partial charge in [-0.25, -0.2) is 0 Å². The predicted octanol–water partition coefficient (Wildman–Crippen LogP) is 1.09. The molecule has 0 saturated heterocycles. The van der Waals surface area contributed by atoms with Gasteiger partial charge in [-0.1, -0.05) is 29.8 Å². The molecule has 2 rings (SSSR count). The van der Waals surface area contributed by atoms with Gasteiger partial charge in [0.25, 0.3) is 5.91 Å². The van der Waals surface area contributed by atoms with Crippen LogP contribution in [-0.4, -0.2) is 41.6 Å². The summed E-state index contributed by atoms with van der Waals surface area (Å²) in [4.78, 5) is 28.0. The fraction of sp³-hybridized carbons (Fsp3) is 0.267. The number of aryl methyl sites for hydroxylation is 1. The van der Waals surface area contributed by atoms with Crippen molar-refractivity contribution in [2.75, 3.05) is 13.1 Å². The van der Waals surface area contributed by atoms with Gasteiger partial charge in [0.2, 0.25) is 0 Å². The van der Waals surface area contributed by atoms with E-state index in [2.05, 4.69) is 10.3 Å². The van der Waals surface area contributed by atoms with Crippen molar-refractivity contribution in [3.63, 3.8) is 0 Å². The van der Waals surface area contributed by atoms with Gasteiger partial charge in [-0.15, -0.1) is 0 Å². The number of aliphatic hydroxyl groups excluding tert-OH is 1. The first-order chi connectivity index (χ1) is 10.2. The highest BCUT2D eigenvalue weighted by Crippen LogP contribution is 2.17. The first-order valence-corrected chi connectivity index (χ1v) is 6.57. The van der Waals surface area contributed by atoms with Gasteiger partial charge in [0.15, 0.2) is 0 Å². The van der Waals surface area contributed by atoms with Crippen LogP contribution in [0.4, 0.5) is 0 Å². The summed E-state index contributed by atoms with van der Waals surface area (Å²) < 4.78 is 0. The van der Waals surface area contributed by atoms with E-state index in [-0.39, 0.29) is 18.3 Å². The van der Waals surface area contributed by atoms with Crippen molar-refractivity contribution in [1.82, 2.24) is 10.2 Å². The molecule has 0 aromatic heterocycles. The number of benzene rings is 1. The Kier molecular flexibility index (Phi) is 4.71. The Labute approximate surface area is 122 Å². The quantitative estimate of drug-likeness (QED) is 0.495. The molecule has 0 bridgehead atoms. The summed E-state index contributed by atoms with van der Waals surface area (Å²) in [6.07, 6.45) is 2.67. The molecule has 0 saturated carbocycles. The third-order valence-corrected chi connectivity index (χ3v) is 3.21. The zero-order valence-electron chi connectivity index (χ0n) is 11.7. The van der Waals surface area contributed by atoms with Crippen LogP contribution in [0.2, 0.25) is 0 Å². The predicted molar refractivity (Wildman–Crippen MR) is 78.9 cm³/mol. The number of nitrogens with zero attached hydrogens (tertiary/aromatic N) is 2. The molecule has 1 aliphatic heterocycles. The molecule has 1 atom stereocenters. The topological polar surface area (TPSA) is 82.0 Å². The molecule has 1 aromatic rings. The summed E-state index contributed by atoms with van der Waals surface area (Å²) in [7, 11) is 0. The highest BCUT2D eigenvalue weighted by atomic mass is 16.2. The first-order valence-electron chi connectivity index (χ1n) is 6.57. The molecule has 21 heavy (non-hydrogen) atoms. The van der Waals surface area contributed by atoms with Gasteiger partial charge in [0.05, 0.1) is 25.5 Å². The van der Waals surface area contributed by atoms with Crippen LogP contribution >= 0.6 is 0 Å². The third kappa shape index (κ3) is 3.47. The molecule has 6 nitrogen and oxygen atoms in total. The van der Waals surface area contributed by atoms with Crippen molar-refractivity contribution in [3.05, 3.63) is 47.4 Å². The Bertz CT molecular complexity index is 578. The fourth-order valence-corrected chi connectivity index (χ4v) is 2.04. The fourth-order valence-electron chi connectivity index (χ4n) is 2.04. The van der Waals surface area contributed by atoms with E-state index in [1.807, 2.05) is 31.2 Å². The molecule has 1 aromatic carbocycles. The maximum absolute atomic E-state index is 12.1. The molecule has 1 unspecified atom stereocenters. The van der Waals surface area contributed by atoms with E-state index in [1.54, 1.807) is 0 Å². The molecule has 0 spiro atoms. The summed E-state index contributed by atoms with van der Waals surface area (Å²) >= 11 is 0. The molecule has 6 heteroatoms.